The lowest BCUT2D eigenvalue weighted by Gasteiger charge is -1.87. The number of ether oxygens (including phenoxy) is 2. The fourth-order valence-electron chi connectivity index (χ4n) is 0.322. The first kappa shape index (κ1) is 22.8. The van der Waals surface area contributed by atoms with Crippen LogP contribution in [0.5, 0.6) is 0 Å². The van der Waals surface area contributed by atoms with E-state index in [1.807, 2.05) is 11.8 Å². The maximum atomic E-state index is 4.47. The van der Waals surface area contributed by atoms with Crippen LogP contribution in [0, 0.1) is 0 Å². The Kier molecular flexibility index (Phi) is 57.4. The number of rotatable bonds is 4. The van der Waals surface area contributed by atoms with Gasteiger partial charge in [0.05, 0.1) is 0 Å². The van der Waals surface area contributed by atoms with Crippen LogP contribution in [0.2, 0.25) is 0 Å². The summed E-state index contributed by atoms with van der Waals surface area (Å²) in [5.74, 6) is 1.31. The average Bonchev–Trinajstić information content (AvgIpc) is 1.93. The van der Waals surface area contributed by atoms with Crippen molar-refractivity contribution < 1.29 is 9.47 Å². The molecular weight excluding hydrogens is 172 g/mol. The molecule has 0 aromatic carbocycles. The van der Waals surface area contributed by atoms with Gasteiger partial charge in [-0.25, -0.2) is 0 Å². The van der Waals surface area contributed by atoms with Gasteiger partial charge in [0.1, 0.15) is 6.79 Å². The highest BCUT2D eigenvalue weighted by molar-refractivity contribution is 7.98. The number of thioether (sulfide) groups is 1. The summed E-state index contributed by atoms with van der Waals surface area (Å²) < 4.78 is 8.94. The van der Waals surface area contributed by atoms with E-state index in [0.717, 1.165) is 0 Å². The molecule has 12 heavy (non-hydrogen) atoms. The molecule has 0 aliphatic rings. The van der Waals surface area contributed by atoms with Crippen molar-refractivity contribution in [2.24, 2.45) is 0 Å². The molecule has 0 bridgehead atoms. The van der Waals surface area contributed by atoms with Gasteiger partial charge in [0, 0.05) is 14.2 Å². The van der Waals surface area contributed by atoms with Crippen LogP contribution < -0.4 is 0 Å². The standard InChI is InChI=1S/C4H10S.C3H8O2.2CH4/c1-3-4-5-2;1-4-3-5-2;;/h3-4H2,1-2H3;3H2,1-2H3;2*1H4. The molecule has 0 fully saturated rings. The van der Waals surface area contributed by atoms with Crippen molar-refractivity contribution in [1.82, 2.24) is 0 Å². The third kappa shape index (κ3) is 48.4. The summed E-state index contributed by atoms with van der Waals surface area (Å²) in [5, 5.41) is 0. The average molecular weight is 198 g/mol. The van der Waals surface area contributed by atoms with Gasteiger partial charge in [-0.1, -0.05) is 21.8 Å². The van der Waals surface area contributed by atoms with E-state index in [9.17, 15) is 0 Å². The summed E-state index contributed by atoms with van der Waals surface area (Å²) >= 11 is 1.90. The molecular formula is C9H26O2S. The number of hydrogen-bond acceptors (Lipinski definition) is 3. The molecule has 0 aliphatic carbocycles. The van der Waals surface area contributed by atoms with Crippen molar-refractivity contribution in [3.05, 3.63) is 0 Å². The van der Waals surface area contributed by atoms with Crippen LogP contribution >= 0.6 is 11.8 Å². The van der Waals surface area contributed by atoms with Crippen molar-refractivity contribution in [2.45, 2.75) is 28.2 Å². The van der Waals surface area contributed by atoms with Crippen LogP contribution in [-0.4, -0.2) is 33.0 Å². The lowest BCUT2D eigenvalue weighted by atomic mass is 10.6. The lowest BCUT2D eigenvalue weighted by Crippen LogP contribution is -1.87. The van der Waals surface area contributed by atoms with E-state index >= 15 is 0 Å². The Morgan fingerprint density at radius 2 is 1.50 bits per heavy atom. The molecule has 0 atom stereocenters. The van der Waals surface area contributed by atoms with Crippen molar-refractivity contribution in [3.8, 4) is 0 Å². The van der Waals surface area contributed by atoms with Gasteiger partial charge in [-0.15, -0.1) is 0 Å². The highest BCUT2D eigenvalue weighted by Crippen LogP contribution is 1.91. The first-order valence-corrected chi connectivity index (χ1v) is 4.69. The summed E-state index contributed by atoms with van der Waals surface area (Å²) in [6.07, 6.45) is 3.44. The molecule has 0 saturated carbocycles. The number of hydrogen-bond donors (Lipinski definition) is 0. The molecule has 0 aromatic rings. The van der Waals surface area contributed by atoms with E-state index in [1.165, 1.54) is 12.2 Å². The molecule has 0 aliphatic heterocycles. The fourth-order valence-corrected chi connectivity index (χ4v) is 0.730. The van der Waals surface area contributed by atoms with Crippen LogP contribution in [0.25, 0.3) is 0 Å². The zero-order chi connectivity index (χ0) is 8.24. The van der Waals surface area contributed by atoms with E-state index in [1.54, 1.807) is 14.2 Å². The minimum atomic E-state index is 0. The molecule has 0 spiro atoms. The summed E-state index contributed by atoms with van der Waals surface area (Å²) in [6.45, 7) is 2.58. The molecule has 0 radical (unpaired) electrons. The Hall–Kier alpha value is 0.270. The second kappa shape index (κ2) is 30.2. The third-order valence-electron chi connectivity index (χ3n) is 0.644. The summed E-state index contributed by atoms with van der Waals surface area (Å²) in [6, 6.07) is 0. The zero-order valence-electron chi connectivity index (χ0n) is 7.35. The normalized spacial score (nSPS) is 7.00. The monoisotopic (exact) mass is 198 g/mol. The smallest absolute Gasteiger partial charge is 0.145 e. The molecule has 80 valence electrons. The van der Waals surface area contributed by atoms with E-state index < -0.39 is 0 Å². The first-order valence-electron chi connectivity index (χ1n) is 3.30. The molecule has 0 N–H and O–H groups in total. The van der Waals surface area contributed by atoms with Gasteiger partial charge in [-0.05, 0) is 18.4 Å². The van der Waals surface area contributed by atoms with Gasteiger partial charge in [0.2, 0.25) is 0 Å². The van der Waals surface area contributed by atoms with Crippen molar-refractivity contribution >= 4 is 11.8 Å². The summed E-state index contributed by atoms with van der Waals surface area (Å²) in [4.78, 5) is 0. The zero-order valence-corrected chi connectivity index (χ0v) is 8.16. The van der Waals surface area contributed by atoms with E-state index in [2.05, 4.69) is 22.7 Å². The van der Waals surface area contributed by atoms with E-state index in [0.29, 0.717) is 6.79 Å². The summed E-state index contributed by atoms with van der Waals surface area (Å²) in [5.41, 5.74) is 0. The maximum absolute atomic E-state index is 4.47. The van der Waals surface area contributed by atoms with Crippen molar-refractivity contribution in [1.29, 1.82) is 0 Å². The highest BCUT2D eigenvalue weighted by Gasteiger charge is 1.67. The van der Waals surface area contributed by atoms with Gasteiger partial charge < -0.3 is 9.47 Å². The van der Waals surface area contributed by atoms with E-state index in [-0.39, 0.29) is 14.9 Å². The van der Waals surface area contributed by atoms with Gasteiger partial charge in [-0.3, -0.25) is 0 Å². The second-order valence-corrected chi connectivity index (χ2v) is 2.67. The molecule has 0 aromatic heterocycles. The first-order chi connectivity index (χ1) is 4.83. The van der Waals surface area contributed by atoms with Gasteiger partial charge >= 0.3 is 0 Å². The lowest BCUT2D eigenvalue weighted by molar-refractivity contribution is -0.00271. The minimum Gasteiger partial charge on any atom is -0.359 e. The SMILES string of the molecule is C.C.CCCSC.COCOC. The predicted octanol–water partition coefficient (Wildman–Crippen LogP) is 3.27. The quantitative estimate of drug-likeness (QED) is 0.646. The van der Waals surface area contributed by atoms with Crippen LogP contribution in [0.4, 0.5) is 0 Å². The van der Waals surface area contributed by atoms with Crippen molar-refractivity contribution in [3.63, 3.8) is 0 Å². The van der Waals surface area contributed by atoms with E-state index in [4.69, 9.17) is 0 Å². The summed E-state index contributed by atoms with van der Waals surface area (Å²) in [7, 11) is 3.17. The molecule has 0 unspecified atom stereocenters. The maximum Gasteiger partial charge on any atom is 0.145 e. The van der Waals surface area contributed by atoms with Crippen LogP contribution in [0.1, 0.15) is 28.2 Å². The minimum absolute atomic E-state index is 0. The van der Waals surface area contributed by atoms with Crippen molar-refractivity contribution in [2.75, 3.05) is 33.0 Å². The highest BCUT2D eigenvalue weighted by atomic mass is 32.2. The van der Waals surface area contributed by atoms with Gasteiger partial charge in [-0.2, -0.15) is 11.8 Å². The molecule has 2 nitrogen and oxygen atoms in total. The Labute approximate surface area is 83.0 Å². The molecule has 0 amide bonds. The Bertz CT molecular complexity index is 33.5. The molecule has 0 heterocycles. The van der Waals surface area contributed by atoms with Crippen LogP contribution in [-0.2, 0) is 9.47 Å². The largest absolute Gasteiger partial charge is 0.359 e. The Balaban J connectivity index is -0.0000000457. The Morgan fingerprint density at radius 3 is 1.50 bits per heavy atom. The number of methoxy groups -OCH3 is 2. The predicted molar refractivity (Wildman–Crippen MR) is 61.0 cm³/mol. The third-order valence-corrected chi connectivity index (χ3v) is 1.46. The van der Waals surface area contributed by atoms with Gasteiger partial charge in [0.15, 0.2) is 0 Å². The topological polar surface area (TPSA) is 18.5 Å². The molecule has 3 heteroatoms. The molecule has 0 saturated heterocycles. The molecule has 0 rings (SSSR count). The van der Waals surface area contributed by atoms with Crippen LogP contribution in [0.3, 0.4) is 0 Å². The Morgan fingerprint density at radius 1 is 1.08 bits per heavy atom. The second-order valence-electron chi connectivity index (χ2n) is 1.69. The fraction of sp³-hybridized carbons (Fsp3) is 1.00. The van der Waals surface area contributed by atoms with Crippen LogP contribution in [0.15, 0.2) is 0 Å². The van der Waals surface area contributed by atoms with Gasteiger partial charge in [0.25, 0.3) is 0 Å².